The van der Waals surface area contributed by atoms with Crippen LogP contribution in [-0.2, 0) is 11.8 Å². The Balaban J connectivity index is 2.64. The third-order valence-corrected chi connectivity index (χ3v) is 1.89. The first-order valence-corrected chi connectivity index (χ1v) is 4.69. The molecule has 0 amide bonds. The molecule has 0 spiro atoms. The summed E-state index contributed by atoms with van der Waals surface area (Å²) in [6.45, 7) is 7.02. The van der Waals surface area contributed by atoms with Crippen LogP contribution in [0.2, 0.25) is 0 Å². The molecule has 0 bridgehead atoms. The molecule has 3 heteroatoms. The lowest BCUT2D eigenvalue weighted by Crippen LogP contribution is -2.09. The maximum Gasteiger partial charge on any atom is 0.194 e. The van der Waals surface area contributed by atoms with Crippen molar-refractivity contribution in [2.75, 3.05) is 6.54 Å². The number of rotatable bonds is 3. The summed E-state index contributed by atoms with van der Waals surface area (Å²) in [5.74, 6) is 1.75. The second-order valence-electron chi connectivity index (χ2n) is 4.26. The monoisotopic (exact) mass is 182 g/mol. The van der Waals surface area contributed by atoms with Crippen LogP contribution < -0.4 is 5.73 Å². The first-order valence-electron chi connectivity index (χ1n) is 4.69. The van der Waals surface area contributed by atoms with E-state index in [4.69, 9.17) is 10.2 Å². The minimum Gasteiger partial charge on any atom is -0.445 e. The van der Waals surface area contributed by atoms with Crippen molar-refractivity contribution >= 4 is 0 Å². The predicted octanol–water partition coefficient (Wildman–Crippen LogP) is 1.86. The van der Waals surface area contributed by atoms with Gasteiger partial charge in [-0.3, -0.25) is 0 Å². The molecular weight excluding hydrogens is 164 g/mol. The topological polar surface area (TPSA) is 52.0 Å². The van der Waals surface area contributed by atoms with Crippen LogP contribution in [0.5, 0.6) is 0 Å². The minimum atomic E-state index is 0.0496. The molecule has 2 N–H and O–H groups in total. The summed E-state index contributed by atoms with van der Waals surface area (Å²) in [4.78, 5) is 4.20. The molecule has 1 heterocycles. The number of hydrogen-bond acceptors (Lipinski definition) is 3. The molecule has 0 fully saturated rings. The highest BCUT2D eigenvalue weighted by molar-refractivity contribution is 5.05. The van der Waals surface area contributed by atoms with Crippen molar-refractivity contribution in [3.05, 3.63) is 17.8 Å². The standard InChI is InChI=1S/C10H18N2O/c1-10(2,3)8-7-12-9(13-8)5-4-6-11/h7H,4-6,11H2,1-3H3. The van der Waals surface area contributed by atoms with Crippen LogP contribution in [0.25, 0.3) is 0 Å². The minimum absolute atomic E-state index is 0.0496. The average molecular weight is 182 g/mol. The average Bonchev–Trinajstić information content (AvgIpc) is 2.47. The molecule has 0 unspecified atom stereocenters. The van der Waals surface area contributed by atoms with Crippen molar-refractivity contribution < 1.29 is 4.42 Å². The number of nitrogens with zero attached hydrogens (tertiary/aromatic N) is 1. The third kappa shape index (κ3) is 2.84. The van der Waals surface area contributed by atoms with Gasteiger partial charge in [0, 0.05) is 11.8 Å². The lowest BCUT2D eigenvalue weighted by atomic mass is 9.94. The van der Waals surface area contributed by atoms with Gasteiger partial charge >= 0.3 is 0 Å². The number of aromatic nitrogens is 1. The summed E-state index contributed by atoms with van der Waals surface area (Å²) < 4.78 is 5.58. The summed E-state index contributed by atoms with van der Waals surface area (Å²) >= 11 is 0. The van der Waals surface area contributed by atoms with Crippen LogP contribution in [0.3, 0.4) is 0 Å². The number of nitrogens with two attached hydrogens (primary N) is 1. The Labute approximate surface area is 79.3 Å². The van der Waals surface area contributed by atoms with Crippen molar-refractivity contribution in [3.8, 4) is 0 Å². The molecule has 0 aliphatic rings. The van der Waals surface area contributed by atoms with E-state index < -0.39 is 0 Å². The molecule has 74 valence electrons. The van der Waals surface area contributed by atoms with Crippen molar-refractivity contribution in [2.45, 2.75) is 39.0 Å². The van der Waals surface area contributed by atoms with Crippen LogP contribution in [0, 0.1) is 0 Å². The van der Waals surface area contributed by atoms with E-state index in [-0.39, 0.29) is 5.41 Å². The van der Waals surface area contributed by atoms with E-state index in [1.54, 1.807) is 0 Å². The molecule has 0 saturated carbocycles. The van der Waals surface area contributed by atoms with Crippen LogP contribution in [0.15, 0.2) is 10.6 Å². The second kappa shape index (κ2) is 3.92. The molecule has 0 aromatic carbocycles. The Morgan fingerprint density at radius 3 is 2.62 bits per heavy atom. The number of aryl methyl sites for hydroxylation is 1. The van der Waals surface area contributed by atoms with E-state index in [1.165, 1.54) is 0 Å². The summed E-state index contributed by atoms with van der Waals surface area (Å²) in [6.07, 6.45) is 3.59. The van der Waals surface area contributed by atoms with Crippen molar-refractivity contribution in [1.29, 1.82) is 0 Å². The highest BCUT2D eigenvalue weighted by atomic mass is 16.4. The molecule has 0 atom stereocenters. The fraction of sp³-hybridized carbons (Fsp3) is 0.700. The van der Waals surface area contributed by atoms with Gasteiger partial charge in [-0.2, -0.15) is 0 Å². The second-order valence-corrected chi connectivity index (χ2v) is 4.26. The molecule has 3 nitrogen and oxygen atoms in total. The van der Waals surface area contributed by atoms with Crippen molar-refractivity contribution in [1.82, 2.24) is 4.98 Å². The summed E-state index contributed by atoms with van der Waals surface area (Å²) in [7, 11) is 0. The molecular formula is C10H18N2O. The van der Waals surface area contributed by atoms with Gasteiger partial charge in [0.05, 0.1) is 6.20 Å². The van der Waals surface area contributed by atoms with Gasteiger partial charge < -0.3 is 10.2 Å². The van der Waals surface area contributed by atoms with Crippen molar-refractivity contribution in [2.24, 2.45) is 5.73 Å². The fourth-order valence-electron chi connectivity index (χ4n) is 1.03. The lowest BCUT2D eigenvalue weighted by molar-refractivity contribution is 0.380. The van der Waals surface area contributed by atoms with E-state index in [1.807, 2.05) is 6.20 Å². The maximum absolute atomic E-state index is 5.58. The molecule has 0 aliphatic heterocycles. The van der Waals surface area contributed by atoms with E-state index in [9.17, 15) is 0 Å². The molecule has 13 heavy (non-hydrogen) atoms. The zero-order valence-corrected chi connectivity index (χ0v) is 8.63. The first kappa shape index (κ1) is 10.3. The Morgan fingerprint density at radius 1 is 1.46 bits per heavy atom. The highest BCUT2D eigenvalue weighted by Gasteiger charge is 2.18. The third-order valence-electron chi connectivity index (χ3n) is 1.89. The zero-order chi connectivity index (χ0) is 9.90. The highest BCUT2D eigenvalue weighted by Crippen LogP contribution is 2.22. The van der Waals surface area contributed by atoms with Crippen LogP contribution in [0.4, 0.5) is 0 Å². The fourth-order valence-corrected chi connectivity index (χ4v) is 1.03. The molecule has 0 saturated heterocycles. The Hall–Kier alpha value is -0.830. The van der Waals surface area contributed by atoms with Crippen molar-refractivity contribution in [3.63, 3.8) is 0 Å². The predicted molar refractivity (Wildman–Crippen MR) is 52.6 cm³/mol. The van der Waals surface area contributed by atoms with Gasteiger partial charge in [-0.15, -0.1) is 0 Å². The SMILES string of the molecule is CC(C)(C)c1cnc(CCCN)o1. The van der Waals surface area contributed by atoms with Gasteiger partial charge in [0.1, 0.15) is 5.76 Å². The Morgan fingerprint density at radius 2 is 2.15 bits per heavy atom. The quantitative estimate of drug-likeness (QED) is 0.776. The van der Waals surface area contributed by atoms with Crippen LogP contribution in [-0.4, -0.2) is 11.5 Å². The maximum atomic E-state index is 5.58. The molecule has 1 aromatic heterocycles. The lowest BCUT2D eigenvalue weighted by Gasteiger charge is -2.12. The molecule has 1 rings (SSSR count). The Bertz CT molecular complexity index is 260. The first-order chi connectivity index (χ1) is 6.04. The summed E-state index contributed by atoms with van der Waals surface area (Å²) in [5, 5.41) is 0. The van der Waals surface area contributed by atoms with E-state index in [2.05, 4.69) is 25.8 Å². The van der Waals surface area contributed by atoms with Gasteiger partial charge in [0.2, 0.25) is 0 Å². The molecule has 0 aliphatic carbocycles. The van der Waals surface area contributed by atoms with Gasteiger partial charge in [-0.1, -0.05) is 20.8 Å². The van der Waals surface area contributed by atoms with Crippen LogP contribution >= 0.6 is 0 Å². The molecule has 0 radical (unpaired) electrons. The van der Waals surface area contributed by atoms with E-state index in [0.29, 0.717) is 6.54 Å². The smallest absolute Gasteiger partial charge is 0.194 e. The van der Waals surface area contributed by atoms with Gasteiger partial charge in [-0.05, 0) is 13.0 Å². The number of hydrogen-bond donors (Lipinski definition) is 1. The zero-order valence-electron chi connectivity index (χ0n) is 8.63. The Kier molecular flexibility index (Phi) is 3.09. The van der Waals surface area contributed by atoms with E-state index >= 15 is 0 Å². The van der Waals surface area contributed by atoms with Gasteiger partial charge in [0.25, 0.3) is 0 Å². The summed E-state index contributed by atoms with van der Waals surface area (Å²) in [5.41, 5.74) is 5.45. The summed E-state index contributed by atoms with van der Waals surface area (Å²) in [6, 6.07) is 0. The molecule has 1 aromatic rings. The van der Waals surface area contributed by atoms with Gasteiger partial charge in [0.15, 0.2) is 5.89 Å². The normalized spacial score (nSPS) is 12.0. The van der Waals surface area contributed by atoms with E-state index in [0.717, 1.165) is 24.5 Å². The largest absolute Gasteiger partial charge is 0.445 e. The van der Waals surface area contributed by atoms with Crippen LogP contribution in [0.1, 0.15) is 38.8 Å². The number of oxazole rings is 1. The van der Waals surface area contributed by atoms with Gasteiger partial charge in [-0.25, -0.2) is 4.98 Å².